The quantitative estimate of drug-likeness (QED) is 0.285. The lowest BCUT2D eigenvalue weighted by molar-refractivity contribution is -0.140. The predicted molar refractivity (Wildman–Crippen MR) is 121 cm³/mol. The first kappa shape index (κ1) is 21.1. The second kappa shape index (κ2) is 8.55. The molecule has 0 bridgehead atoms. The van der Waals surface area contributed by atoms with E-state index >= 15 is 0 Å². The van der Waals surface area contributed by atoms with Crippen LogP contribution in [0.4, 0.5) is 0 Å². The van der Waals surface area contributed by atoms with Crippen LogP contribution >= 0.6 is 15.9 Å². The van der Waals surface area contributed by atoms with E-state index in [9.17, 15) is 14.7 Å². The molecule has 1 N–H and O–H groups in total. The van der Waals surface area contributed by atoms with Gasteiger partial charge in [-0.15, -0.1) is 0 Å². The van der Waals surface area contributed by atoms with Gasteiger partial charge < -0.3 is 14.4 Å². The minimum absolute atomic E-state index is 0.0798. The lowest BCUT2D eigenvalue weighted by Gasteiger charge is -2.25. The van der Waals surface area contributed by atoms with Gasteiger partial charge in [0, 0.05) is 10.0 Å². The van der Waals surface area contributed by atoms with E-state index in [0.29, 0.717) is 17.2 Å². The molecule has 1 saturated heterocycles. The van der Waals surface area contributed by atoms with Crippen molar-refractivity contribution in [3.63, 3.8) is 0 Å². The van der Waals surface area contributed by atoms with Crippen molar-refractivity contribution in [1.82, 2.24) is 4.90 Å². The van der Waals surface area contributed by atoms with E-state index in [2.05, 4.69) is 29.8 Å². The average Bonchev–Trinajstić information content (AvgIpc) is 3.36. The van der Waals surface area contributed by atoms with Crippen LogP contribution in [-0.2, 0) is 16.1 Å². The van der Waals surface area contributed by atoms with Crippen molar-refractivity contribution < 1.29 is 19.1 Å². The molecule has 158 valence electrons. The number of halogens is 1. The molecule has 1 aliphatic heterocycles. The highest BCUT2D eigenvalue weighted by Crippen LogP contribution is 2.40. The Balaban J connectivity index is 1.84. The van der Waals surface area contributed by atoms with Crippen LogP contribution in [0.15, 0.2) is 81.4 Å². The van der Waals surface area contributed by atoms with Crippen LogP contribution in [0.1, 0.15) is 48.3 Å². The molecule has 4 rings (SSSR count). The largest absolute Gasteiger partial charge is 0.507 e. The maximum Gasteiger partial charge on any atom is 0.296 e. The normalized spacial score (nSPS) is 18.2. The number of likely N-dealkylation sites (tertiary alicyclic amines) is 1. The van der Waals surface area contributed by atoms with Gasteiger partial charge in [-0.3, -0.25) is 9.59 Å². The Hall–Kier alpha value is -3.12. The van der Waals surface area contributed by atoms with Gasteiger partial charge >= 0.3 is 0 Å². The van der Waals surface area contributed by atoms with Gasteiger partial charge in [0.2, 0.25) is 0 Å². The van der Waals surface area contributed by atoms with Gasteiger partial charge in [0.25, 0.3) is 11.7 Å². The summed E-state index contributed by atoms with van der Waals surface area (Å²) < 4.78 is 6.27. The topological polar surface area (TPSA) is 70.8 Å². The molecular formula is C25H22BrNO4. The summed E-state index contributed by atoms with van der Waals surface area (Å²) in [4.78, 5) is 27.5. The van der Waals surface area contributed by atoms with Crippen molar-refractivity contribution in [3.8, 4) is 0 Å². The Kier molecular flexibility index (Phi) is 5.83. The molecule has 0 radical (unpaired) electrons. The van der Waals surface area contributed by atoms with Crippen LogP contribution < -0.4 is 0 Å². The van der Waals surface area contributed by atoms with Gasteiger partial charge in [-0.05, 0) is 41.3 Å². The van der Waals surface area contributed by atoms with E-state index < -0.39 is 17.7 Å². The fourth-order valence-electron chi connectivity index (χ4n) is 3.79. The minimum atomic E-state index is -0.713. The summed E-state index contributed by atoms with van der Waals surface area (Å²) in [5, 5.41) is 11.1. The molecule has 5 nitrogen and oxygen atoms in total. The van der Waals surface area contributed by atoms with E-state index in [1.54, 1.807) is 36.4 Å². The molecule has 2 aromatic carbocycles. The molecule has 0 spiro atoms. The molecule has 6 heteroatoms. The monoisotopic (exact) mass is 479 g/mol. The highest BCUT2D eigenvalue weighted by Gasteiger charge is 2.46. The third-order valence-corrected chi connectivity index (χ3v) is 6.01. The highest BCUT2D eigenvalue weighted by molar-refractivity contribution is 9.10. The van der Waals surface area contributed by atoms with Crippen LogP contribution in [0.3, 0.4) is 0 Å². The predicted octanol–water partition coefficient (Wildman–Crippen LogP) is 5.79. The number of nitrogens with zero attached hydrogens (tertiary/aromatic N) is 1. The maximum absolute atomic E-state index is 13.0. The summed E-state index contributed by atoms with van der Waals surface area (Å²) in [7, 11) is 0. The number of hydrogen-bond acceptors (Lipinski definition) is 4. The fourth-order valence-corrected chi connectivity index (χ4v) is 4.05. The molecule has 0 aliphatic carbocycles. The zero-order chi connectivity index (χ0) is 22.1. The number of aliphatic hydroxyl groups excluding tert-OH is 1. The number of carbonyl (C=O) groups excluding carboxylic acids is 2. The standard InChI is InChI=1S/C25H22BrNO4/c1-15(2)16-5-7-17(8-6-16)22-21(23(28)18-9-11-19(26)12-10-18)24(29)25(30)27(22)14-20-4-3-13-31-20/h3-13,15,22,28H,14H2,1-2H3/b23-21-. The maximum atomic E-state index is 13.0. The van der Waals surface area contributed by atoms with Crippen molar-refractivity contribution >= 4 is 33.4 Å². The summed E-state index contributed by atoms with van der Waals surface area (Å²) in [6.45, 7) is 4.34. The van der Waals surface area contributed by atoms with Crippen molar-refractivity contribution in [1.29, 1.82) is 0 Å². The summed E-state index contributed by atoms with van der Waals surface area (Å²) in [5.74, 6) is -0.635. The van der Waals surface area contributed by atoms with Crippen LogP contribution in [-0.4, -0.2) is 21.7 Å². The van der Waals surface area contributed by atoms with Gasteiger partial charge in [0.1, 0.15) is 11.5 Å². The highest BCUT2D eigenvalue weighted by atomic mass is 79.9. The van der Waals surface area contributed by atoms with Crippen LogP contribution in [0, 0.1) is 0 Å². The molecule has 1 unspecified atom stereocenters. The molecule has 1 fully saturated rings. The fraction of sp³-hybridized carbons (Fsp3) is 0.200. The molecule has 1 aromatic heterocycles. The van der Waals surface area contributed by atoms with E-state index in [1.165, 1.54) is 11.2 Å². The molecule has 1 aliphatic rings. The lowest BCUT2D eigenvalue weighted by atomic mass is 9.93. The zero-order valence-electron chi connectivity index (χ0n) is 17.2. The lowest BCUT2D eigenvalue weighted by Crippen LogP contribution is -2.29. The third kappa shape index (κ3) is 4.08. The Labute approximate surface area is 189 Å². The van der Waals surface area contributed by atoms with Crippen molar-refractivity contribution in [2.24, 2.45) is 0 Å². The Morgan fingerprint density at radius 3 is 2.32 bits per heavy atom. The Morgan fingerprint density at radius 2 is 1.74 bits per heavy atom. The van der Waals surface area contributed by atoms with E-state index in [-0.39, 0.29) is 17.9 Å². The molecule has 1 amide bonds. The van der Waals surface area contributed by atoms with Crippen molar-refractivity contribution in [2.45, 2.75) is 32.4 Å². The van der Waals surface area contributed by atoms with Crippen LogP contribution in [0.25, 0.3) is 5.76 Å². The number of aliphatic hydroxyl groups is 1. The number of rotatable bonds is 5. The summed E-state index contributed by atoms with van der Waals surface area (Å²) in [5.41, 5.74) is 2.47. The second-order valence-electron chi connectivity index (χ2n) is 7.83. The molecule has 2 heterocycles. The molecule has 3 aromatic rings. The summed E-state index contributed by atoms with van der Waals surface area (Å²) in [6.07, 6.45) is 1.53. The Bertz CT molecular complexity index is 1130. The molecule has 1 atom stereocenters. The average molecular weight is 480 g/mol. The van der Waals surface area contributed by atoms with Gasteiger partial charge in [0.05, 0.1) is 24.4 Å². The number of carbonyl (C=O) groups is 2. The number of ketones is 1. The molecular weight excluding hydrogens is 458 g/mol. The van der Waals surface area contributed by atoms with Crippen LogP contribution in [0.5, 0.6) is 0 Å². The van der Waals surface area contributed by atoms with Crippen molar-refractivity contribution in [2.75, 3.05) is 0 Å². The SMILES string of the molecule is CC(C)c1ccc(C2/C(=C(/O)c3ccc(Br)cc3)C(=O)C(=O)N2Cc2ccco2)cc1. The van der Waals surface area contributed by atoms with Gasteiger partial charge in [-0.25, -0.2) is 0 Å². The van der Waals surface area contributed by atoms with Crippen LogP contribution in [0.2, 0.25) is 0 Å². The number of Topliss-reactive ketones (excluding diaryl/α,β-unsaturated/α-hetero) is 1. The molecule has 31 heavy (non-hydrogen) atoms. The van der Waals surface area contributed by atoms with Gasteiger partial charge in [-0.1, -0.05) is 66.2 Å². The number of hydrogen-bond donors (Lipinski definition) is 1. The van der Waals surface area contributed by atoms with E-state index in [0.717, 1.165) is 15.6 Å². The summed E-state index contributed by atoms with van der Waals surface area (Å²) in [6, 6.07) is 17.6. The second-order valence-corrected chi connectivity index (χ2v) is 8.75. The minimum Gasteiger partial charge on any atom is -0.507 e. The van der Waals surface area contributed by atoms with Gasteiger partial charge in [-0.2, -0.15) is 0 Å². The zero-order valence-corrected chi connectivity index (χ0v) is 18.8. The van der Waals surface area contributed by atoms with Crippen molar-refractivity contribution in [3.05, 3.63) is 99.4 Å². The number of benzene rings is 2. The van der Waals surface area contributed by atoms with E-state index in [1.807, 2.05) is 24.3 Å². The number of furan rings is 1. The summed E-state index contributed by atoms with van der Waals surface area (Å²) >= 11 is 3.37. The Morgan fingerprint density at radius 1 is 1.06 bits per heavy atom. The first-order chi connectivity index (χ1) is 14.9. The first-order valence-electron chi connectivity index (χ1n) is 10.0. The molecule has 0 saturated carbocycles. The third-order valence-electron chi connectivity index (χ3n) is 5.48. The first-order valence-corrected chi connectivity index (χ1v) is 10.8. The number of amides is 1. The van der Waals surface area contributed by atoms with E-state index in [4.69, 9.17) is 4.42 Å². The van der Waals surface area contributed by atoms with Gasteiger partial charge in [0.15, 0.2) is 0 Å². The smallest absolute Gasteiger partial charge is 0.296 e.